The maximum atomic E-state index is 5.89. The van der Waals surface area contributed by atoms with Gasteiger partial charge in [-0.1, -0.05) is 0 Å². The maximum Gasteiger partial charge on any atom is 0.134 e. The van der Waals surface area contributed by atoms with Gasteiger partial charge >= 0.3 is 0 Å². The van der Waals surface area contributed by atoms with Crippen LogP contribution in [0.15, 0.2) is 57.8 Å². The number of benzene rings is 2. The highest BCUT2D eigenvalue weighted by Gasteiger charge is 2.21. The maximum absolute atomic E-state index is 5.89. The molecule has 0 aliphatic heterocycles. The lowest BCUT2D eigenvalue weighted by molar-refractivity contribution is 0.593. The molecule has 0 saturated heterocycles. The molecule has 0 fully saturated rings. The van der Waals surface area contributed by atoms with Gasteiger partial charge in [0, 0.05) is 22.9 Å². The first-order chi connectivity index (χ1) is 13.2. The summed E-state index contributed by atoms with van der Waals surface area (Å²) >= 11 is 0. The lowest BCUT2D eigenvalue weighted by Crippen LogP contribution is -2.24. The molecule has 0 saturated carbocycles. The Balaban J connectivity index is 0.000000119. The van der Waals surface area contributed by atoms with Crippen molar-refractivity contribution in [1.82, 2.24) is 5.32 Å². The van der Waals surface area contributed by atoms with Crippen molar-refractivity contribution in [3.63, 3.8) is 0 Å². The third kappa shape index (κ3) is 3.05. The SMILES string of the molecule is CN[C@@H]1Cc2cc3ccoc3cc2C1.N[C@@H]1Cc2cc3ccoc3cc2C1. The van der Waals surface area contributed by atoms with Crippen LogP contribution in [0, 0.1) is 0 Å². The first-order valence-electron chi connectivity index (χ1n) is 9.60. The van der Waals surface area contributed by atoms with Gasteiger partial charge < -0.3 is 19.9 Å². The number of rotatable bonds is 1. The average Bonchev–Trinajstić information content (AvgIpc) is 3.42. The molecule has 4 heteroatoms. The average molecular weight is 360 g/mol. The molecule has 2 aliphatic carbocycles. The fourth-order valence-corrected chi connectivity index (χ4v) is 4.40. The van der Waals surface area contributed by atoms with Crippen molar-refractivity contribution < 1.29 is 8.83 Å². The Morgan fingerprint density at radius 3 is 1.81 bits per heavy atom. The Morgan fingerprint density at radius 1 is 0.778 bits per heavy atom. The van der Waals surface area contributed by atoms with Crippen molar-refractivity contribution in [1.29, 1.82) is 0 Å². The van der Waals surface area contributed by atoms with Gasteiger partial charge in [-0.05, 0) is 91.4 Å². The lowest BCUT2D eigenvalue weighted by Gasteiger charge is -2.04. The standard InChI is InChI=1S/C12H13NO.C11H11NO/c1-13-11-5-9-4-8-2-3-14-12(8)7-10(9)6-11;12-10-4-8-3-7-1-2-13-11(7)6-9(8)5-10/h2-4,7,11,13H,5-6H2,1H3;1-3,6,10H,4-5,12H2/t11-;10-/m11/s1. The minimum absolute atomic E-state index is 0.307. The Labute approximate surface area is 158 Å². The third-order valence-corrected chi connectivity index (χ3v) is 5.85. The number of fused-ring (bicyclic) bond motifs is 4. The van der Waals surface area contributed by atoms with Gasteiger partial charge in [-0.2, -0.15) is 0 Å². The van der Waals surface area contributed by atoms with E-state index in [1.54, 1.807) is 12.5 Å². The minimum Gasteiger partial charge on any atom is -0.464 e. The summed E-state index contributed by atoms with van der Waals surface area (Å²) in [7, 11) is 2.03. The Bertz CT molecular complexity index is 1030. The fourth-order valence-electron chi connectivity index (χ4n) is 4.40. The molecule has 2 aliphatic rings. The molecule has 2 aromatic heterocycles. The second-order valence-electron chi connectivity index (χ2n) is 7.72. The molecule has 2 atom stereocenters. The number of hydrogen-bond donors (Lipinski definition) is 2. The zero-order chi connectivity index (χ0) is 18.4. The Morgan fingerprint density at radius 2 is 1.26 bits per heavy atom. The van der Waals surface area contributed by atoms with E-state index in [0.29, 0.717) is 12.1 Å². The highest BCUT2D eigenvalue weighted by Crippen LogP contribution is 2.28. The van der Waals surface area contributed by atoms with E-state index in [1.807, 2.05) is 19.2 Å². The van der Waals surface area contributed by atoms with Gasteiger partial charge in [-0.3, -0.25) is 0 Å². The van der Waals surface area contributed by atoms with Crippen LogP contribution in [-0.2, 0) is 25.7 Å². The van der Waals surface area contributed by atoms with E-state index in [2.05, 4.69) is 29.6 Å². The van der Waals surface area contributed by atoms with E-state index >= 15 is 0 Å². The normalized spacial score (nSPS) is 20.5. The predicted octanol–water partition coefficient (Wildman–Crippen LogP) is 3.98. The molecule has 0 amide bonds. The summed E-state index contributed by atoms with van der Waals surface area (Å²) in [6.45, 7) is 0. The van der Waals surface area contributed by atoms with Crippen molar-refractivity contribution >= 4 is 21.9 Å². The van der Waals surface area contributed by atoms with E-state index in [9.17, 15) is 0 Å². The third-order valence-electron chi connectivity index (χ3n) is 5.85. The van der Waals surface area contributed by atoms with Crippen LogP contribution in [0.4, 0.5) is 0 Å². The van der Waals surface area contributed by atoms with Crippen molar-refractivity contribution in [3.8, 4) is 0 Å². The first kappa shape index (κ1) is 16.6. The van der Waals surface area contributed by atoms with Crippen molar-refractivity contribution in [3.05, 3.63) is 71.2 Å². The van der Waals surface area contributed by atoms with Gasteiger partial charge in [0.1, 0.15) is 11.2 Å². The van der Waals surface area contributed by atoms with Gasteiger partial charge in [0.15, 0.2) is 0 Å². The van der Waals surface area contributed by atoms with Gasteiger partial charge in [0.25, 0.3) is 0 Å². The second kappa shape index (κ2) is 6.55. The summed E-state index contributed by atoms with van der Waals surface area (Å²) < 4.78 is 10.7. The molecule has 0 radical (unpaired) electrons. The number of likely N-dealkylation sites (N-methyl/N-ethyl adjacent to an activating group) is 1. The second-order valence-corrected chi connectivity index (χ2v) is 7.72. The molecule has 0 bridgehead atoms. The summed E-state index contributed by atoms with van der Waals surface area (Å²) in [6, 6.07) is 13.7. The van der Waals surface area contributed by atoms with Crippen LogP contribution >= 0.6 is 0 Å². The van der Waals surface area contributed by atoms with Gasteiger partial charge in [0.2, 0.25) is 0 Å². The molecule has 138 valence electrons. The molecule has 4 aromatic rings. The summed E-state index contributed by atoms with van der Waals surface area (Å²) in [4.78, 5) is 0. The number of hydrogen-bond acceptors (Lipinski definition) is 4. The van der Waals surface area contributed by atoms with Crippen LogP contribution in [0.2, 0.25) is 0 Å². The summed E-state index contributed by atoms with van der Waals surface area (Å²) in [5, 5.41) is 5.74. The molecule has 27 heavy (non-hydrogen) atoms. The summed E-state index contributed by atoms with van der Waals surface area (Å²) in [6.07, 6.45) is 7.77. The summed E-state index contributed by atoms with van der Waals surface area (Å²) in [5.41, 5.74) is 13.5. The highest BCUT2D eigenvalue weighted by atomic mass is 16.3. The number of nitrogens with two attached hydrogens (primary N) is 1. The van der Waals surface area contributed by atoms with Gasteiger partial charge in [-0.15, -0.1) is 0 Å². The molecular weight excluding hydrogens is 336 g/mol. The first-order valence-corrected chi connectivity index (χ1v) is 9.60. The highest BCUT2D eigenvalue weighted by molar-refractivity contribution is 5.80. The Kier molecular flexibility index (Phi) is 4.03. The number of nitrogens with one attached hydrogen (secondary N) is 1. The monoisotopic (exact) mass is 360 g/mol. The molecular formula is C23H24N2O2. The van der Waals surface area contributed by atoms with Crippen molar-refractivity contribution in [2.45, 2.75) is 37.8 Å². The smallest absolute Gasteiger partial charge is 0.134 e. The topological polar surface area (TPSA) is 64.3 Å². The predicted molar refractivity (Wildman–Crippen MR) is 108 cm³/mol. The quantitative estimate of drug-likeness (QED) is 0.539. The van der Waals surface area contributed by atoms with Crippen molar-refractivity contribution in [2.24, 2.45) is 5.73 Å². The molecule has 0 unspecified atom stereocenters. The van der Waals surface area contributed by atoms with Crippen LogP contribution in [0.5, 0.6) is 0 Å². The van der Waals surface area contributed by atoms with E-state index in [1.165, 1.54) is 33.0 Å². The largest absolute Gasteiger partial charge is 0.464 e. The van der Waals surface area contributed by atoms with Crippen LogP contribution in [0.3, 0.4) is 0 Å². The van der Waals surface area contributed by atoms with E-state index < -0.39 is 0 Å². The zero-order valence-corrected chi connectivity index (χ0v) is 15.5. The molecule has 0 spiro atoms. The number of furan rings is 2. The molecule has 2 aromatic carbocycles. The van der Waals surface area contributed by atoms with E-state index in [-0.39, 0.29) is 0 Å². The van der Waals surface area contributed by atoms with Crippen molar-refractivity contribution in [2.75, 3.05) is 7.05 Å². The molecule has 3 N–H and O–H groups in total. The molecule has 4 nitrogen and oxygen atoms in total. The fraction of sp³-hybridized carbons (Fsp3) is 0.304. The molecule has 6 rings (SSSR count). The van der Waals surface area contributed by atoms with Crippen LogP contribution in [0.1, 0.15) is 22.3 Å². The van der Waals surface area contributed by atoms with Gasteiger partial charge in [0.05, 0.1) is 12.5 Å². The minimum atomic E-state index is 0.307. The molecule has 2 heterocycles. The lowest BCUT2D eigenvalue weighted by atomic mass is 10.1. The van der Waals surface area contributed by atoms with E-state index in [0.717, 1.165) is 36.8 Å². The summed E-state index contributed by atoms with van der Waals surface area (Å²) in [5.74, 6) is 0. The van der Waals surface area contributed by atoms with E-state index in [4.69, 9.17) is 14.6 Å². The van der Waals surface area contributed by atoms with Gasteiger partial charge in [-0.25, -0.2) is 0 Å². The van der Waals surface area contributed by atoms with Crippen LogP contribution < -0.4 is 11.1 Å². The zero-order valence-electron chi connectivity index (χ0n) is 15.5. The van der Waals surface area contributed by atoms with Crippen LogP contribution in [-0.4, -0.2) is 19.1 Å². The Hall–Kier alpha value is -2.56. The van der Waals surface area contributed by atoms with Crippen LogP contribution in [0.25, 0.3) is 21.9 Å².